The summed E-state index contributed by atoms with van der Waals surface area (Å²) in [6, 6.07) is 15.2. The number of carbonyl (C=O) groups is 1. The summed E-state index contributed by atoms with van der Waals surface area (Å²) in [5.41, 5.74) is 1.41. The average molecular weight is 400 g/mol. The van der Waals surface area contributed by atoms with E-state index in [9.17, 15) is 17.6 Å². The van der Waals surface area contributed by atoms with Gasteiger partial charge in [-0.2, -0.15) is 4.31 Å². The lowest BCUT2D eigenvalue weighted by molar-refractivity contribution is -0.127. The highest BCUT2D eigenvalue weighted by Crippen LogP contribution is 2.12. The third-order valence-corrected chi connectivity index (χ3v) is 5.97. The lowest BCUT2D eigenvalue weighted by Crippen LogP contribution is -2.49. The average Bonchev–Trinajstić information content (AvgIpc) is 2.71. The minimum Gasteiger partial charge on any atom is -0.337 e. The molecule has 1 aliphatic heterocycles. The highest BCUT2D eigenvalue weighted by atomic mass is 32.2. The number of halogens is 1. The summed E-state index contributed by atoms with van der Waals surface area (Å²) >= 11 is 0. The number of piperazine rings is 1. The van der Waals surface area contributed by atoms with Gasteiger partial charge in [0.1, 0.15) is 5.82 Å². The van der Waals surface area contributed by atoms with Gasteiger partial charge in [-0.1, -0.05) is 42.5 Å². The van der Waals surface area contributed by atoms with Gasteiger partial charge >= 0.3 is 0 Å². The third kappa shape index (κ3) is 5.37. The van der Waals surface area contributed by atoms with Crippen LogP contribution in [0.1, 0.15) is 11.1 Å². The number of nitrogens with zero attached hydrogens (tertiary/aromatic N) is 2. The molecule has 0 aliphatic carbocycles. The maximum Gasteiger partial charge on any atom is 0.246 e. The Morgan fingerprint density at radius 2 is 1.57 bits per heavy atom. The summed E-state index contributed by atoms with van der Waals surface area (Å²) in [6.07, 6.45) is 4.50. The molecule has 0 bridgehead atoms. The van der Waals surface area contributed by atoms with Crippen molar-refractivity contribution in [1.29, 1.82) is 0 Å². The summed E-state index contributed by atoms with van der Waals surface area (Å²) in [7, 11) is -3.54. The van der Waals surface area contributed by atoms with Gasteiger partial charge in [-0.15, -0.1) is 0 Å². The van der Waals surface area contributed by atoms with E-state index in [1.165, 1.54) is 27.9 Å². The predicted molar refractivity (Wildman–Crippen MR) is 108 cm³/mol. The number of hydrogen-bond acceptors (Lipinski definition) is 3. The molecule has 1 aliphatic rings. The monoisotopic (exact) mass is 400 g/mol. The molecule has 146 valence electrons. The van der Waals surface area contributed by atoms with Gasteiger partial charge in [0.15, 0.2) is 0 Å². The molecule has 0 N–H and O–H groups in total. The van der Waals surface area contributed by atoms with Crippen molar-refractivity contribution in [3.63, 3.8) is 0 Å². The lowest BCUT2D eigenvalue weighted by Gasteiger charge is -2.32. The van der Waals surface area contributed by atoms with Crippen LogP contribution in [0.2, 0.25) is 0 Å². The first-order chi connectivity index (χ1) is 13.4. The highest BCUT2D eigenvalue weighted by molar-refractivity contribution is 7.92. The summed E-state index contributed by atoms with van der Waals surface area (Å²) in [6.45, 7) is 1.09. The molecule has 0 unspecified atom stereocenters. The summed E-state index contributed by atoms with van der Waals surface area (Å²) < 4.78 is 39.5. The van der Waals surface area contributed by atoms with Crippen LogP contribution in [0.4, 0.5) is 4.39 Å². The van der Waals surface area contributed by atoms with Crippen LogP contribution >= 0.6 is 0 Å². The molecule has 3 rings (SSSR count). The molecule has 1 heterocycles. The molecule has 0 radical (unpaired) electrons. The van der Waals surface area contributed by atoms with Crippen LogP contribution in [0.5, 0.6) is 0 Å². The summed E-state index contributed by atoms with van der Waals surface area (Å²) in [5.74, 6) is -0.585. The molecule has 2 aromatic carbocycles. The maximum atomic E-state index is 13.2. The molecular weight excluding hydrogens is 379 g/mol. The number of sulfonamides is 1. The van der Waals surface area contributed by atoms with Gasteiger partial charge in [-0.25, -0.2) is 12.8 Å². The fourth-order valence-corrected chi connectivity index (χ4v) is 4.03. The van der Waals surface area contributed by atoms with Crippen molar-refractivity contribution < 1.29 is 17.6 Å². The molecule has 1 amide bonds. The number of amides is 1. The SMILES string of the molecule is O=C(/C=C/c1cccc(F)c1)N1CCN(S(=O)(=O)/C=C/c2ccccc2)CC1. The Morgan fingerprint density at radius 1 is 0.893 bits per heavy atom. The van der Waals surface area contributed by atoms with Gasteiger partial charge in [0.2, 0.25) is 15.9 Å². The summed E-state index contributed by atoms with van der Waals surface area (Å²) in [5, 5.41) is 1.20. The molecule has 28 heavy (non-hydrogen) atoms. The van der Waals surface area contributed by atoms with Crippen LogP contribution in [-0.4, -0.2) is 49.7 Å². The van der Waals surface area contributed by atoms with Gasteiger partial charge in [-0.3, -0.25) is 4.79 Å². The molecular formula is C21H21FN2O3S. The molecule has 7 heteroatoms. The van der Waals surface area contributed by atoms with Crippen molar-refractivity contribution in [2.24, 2.45) is 0 Å². The van der Waals surface area contributed by atoms with Gasteiger partial charge in [0.25, 0.3) is 0 Å². The van der Waals surface area contributed by atoms with Crippen LogP contribution in [-0.2, 0) is 14.8 Å². The predicted octanol–water partition coefficient (Wildman–Crippen LogP) is 2.98. The molecule has 2 aromatic rings. The first kappa shape index (κ1) is 20.0. The number of benzene rings is 2. The quantitative estimate of drug-likeness (QED) is 0.725. The van der Waals surface area contributed by atoms with E-state index in [4.69, 9.17) is 0 Å². The first-order valence-corrected chi connectivity index (χ1v) is 10.4. The number of hydrogen-bond donors (Lipinski definition) is 0. The Bertz CT molecular complexity index is 980. The third-order valence-electron chi connectivity index (χ3n) is 4.41. The fraction of sp³-hybridized carbons (Fsp3) is 0.190. The lowest BCUT2D eigenvalue weighted by atomic mass is 10.2. The second kappa shape index (κ2) is 8.95. The van der Waals surface area contributed by atoms with E-state index in [0.717, 1.165) is 5.56 Å². The van der Waals surface area contributed by atoms with Crippen molar-refractivity contribution >= 4 is 28.1 Å². The molecule has 1 saturated heterocycles. The van der Waals surface area contributed by atoms with Crippen molar-refractivity contribution in [3.8, 4) is 0 Å². The van der Waals surface area contributed by atoms with E-state index in [-0.39, 0.29) is 24.8 Å². The molecule has 0 saturated carbocycles. The Balaban J connectivity index is 1.56. The Labute approximate surface area is 164 Å². The summed E-state index contributed by atoms with van der Waals surface area (Å²) in [4.78, 5) is 13.9. The van der Waals surface area contributed by atoms with Gasteiger partial charge < -0.3 is 4.90 Å². The second-order valence-corrected chi connectivity index (χ2v) is 8.19. The molecule has 0 aromatic heterocycles. The molecule has 0 atom stereocenters. The van der Waals surface area contributed by atoms with Crippen molar-refractivity contribution in [1.82, 2.24) is 9.21 Å². The topological polar surface area (TPSA) is 57.7 Å². The minimum atomic E-state index is -3.54. The zero-order chi connectivity index (χ0) is 20.0. The van der Waals surface area contributed by atoms with E-state index in [2.05, 4.69) is 0 Å². The largest absolute Gasteiger partial charge is 0.337 e. The smallest absolute Gasteiger partial charge is 0.246 e. The van der Waals surface area contributed by atoms with E-state index < -0.39 is 10.0 Å². The van der Waals surface area contributed by atoms with E-state index in [0.29, 0.717) is 18.7 Å². The van der Waals surface area contributed by atoms with Gasteiger partial charge in [0.05, 0.1) is 0 Å². The number of carbonyl (C=O) groups excluding carboxylic acids is 1. The van der Waals surface area contributed by atoms with Gasteiger partial charge in [0, 0.05) is 37.7 Å². The molecule has 1 fully saturated rings. The molecule has 0 spiro atoms. The van der Waals surface area contributed by atoms with Crippen LogP contribution in [0.25, 0.3) is 12.2 Å². The Hall–Kier alpha value is -2.77. The van der Waals surface area contributed by atoms with E-state index >= 15 is 0 Å². The highest BCUT2D eigenvalue weighted by Gasteiger charge is 2.26. The zero-order valence-electron chi connectivity index (χ0n) is 15.2. The normalized spacial score (nSPS) is 16.1. The second-order valence-electron chi connectivity index (χ2n) is 6.37. The van der Waals surface area contributed by atoms with Crippen molar-refractivity contribution in [2.75, 3.05) is 26.2 Å². The van der Waals surface area contributed by atoms with Crippen LogP contribution in [0.3, 0.4) is 0 Å². The molecule has 5 nitrogen and oxygen atoms in total. The fourth-order valence-electron chi connectivity index (χ4n) is 2.86. The Kier molecular flexibility index (Phi) is 6.38. The zero-order valence-corrected chi connectivity index (χ0v) is 16.1. The van der Waals surface area contributed by atoms with E-state index in [1.54, 1.807) is 29.2 Å². The first-order valence-electron chi connectivity index (χ1n) is 8.90. The minimum absolute atomic E-state index is 0.221. The van der Waals surface area contributed by atoms with Crippen molar-refractivity contribution in [3.05, 3.63) is 83.0 Å². The Morgan fingerprint density at radius 3 is 2.25 bits per heavy atom. The van der Waals surface area contributed by atoms with Crippen molar-refractivity contribution in [2.45, 2.75) is 0 Å². The van der Waals surface area contributed by atoms with Crippen LogP contribution < -0.4 is 0 Å². The number of rotatable bonds is 5. The van der Waals surface area contributed by atoms with Crippen LogP contribution in [0.15, 0.2) is 66.1 Å². The maximum absolute atomic E-state index is 13.2. The van der Waals surface area contributed by atoms with E-state index in [1.807, 2.05) is 30.3 Å². The van der Waals surface area contributed by atoms with Gasteiger partial charge in [-0.05, 0) is 35.4 Å². The van der Waals surface area contributed by atoms with Crippen LogP contribution in [0, 0.1) is 5.82 Å². The standard InChI is InChI=1S/C21H21FN2O3S/c22-20-8-4-7-19(17-20)9-10-21(25)23-12-14-24(15-13-23)28(26,27)16-11-18-5-2-1-3-6-18/h1-11,16-17H,12-15H2/b10-9+,16-11+.